The Morgan fingerprint density at radius 2 is 1.00 bits per heavy atom. The monoisotopic (exact) mass is 724 g/mol. The van der Waals surface area contributed by atoms with Crippen molar-refractivity contribution in [3.8, 4) is 11.1 Å². The van der Waals surface area contributed by atoms with Crippen molar-refractivity contribution in [3.05, 3.63) is 150 Å². The summed E-state index contributed by atoms with van der Waals surface area (Å²) < 4.78 is 3.74. The van der Waals surface area contributed by atoms with Gasteiger partial charge < -0.3 is 24.8 Å². The quantitative estimate of drug-likeness (QED) is 0.267. The van der Waals surface area contributed by atoms with Gasteiger partial charge in [-0.1, -0.05) is 0 Å². The molecule has 0 amide bonds. The molecule has 0 heterocycles. The first-order valence-electron chi connectivity index (χ1n) is 16.3. The number of halogens is 2. The van der Waals surface area contributed by atoms with E-state index in [1.165, 1.54) is 50.1 Å². The maximum absolute atomic E-state index is 2.81. The maximum Gasteiger partial charge on any atom is -1.00 e. The second kappa shape index (κ2) is 13.7. The summed E-state index contributed by atoms with van der Waals surface area (Å²) in [6.07, 6.45) is 5.09. The van der Waals surface area contributed by atoms with Crippen LogP contribution < -0.4 is 24.8 Å². The van der Waals surface area contributed by atoms with Gasteiger partial charge in [0.15, 0.2) is 0 Å². The van der Waals surface area contributed by atoms with E-state index in [1.54, 1.807) is 17.6 Å². The summed E-state index contributed by atoms with van der Waals surface area (Å²) in [6.45, 7) is 23.3. The van der Waals surface area contributed by atoms with Crippen LogP contribution in [0.1, 0.15) is 104 Å². The van der Waals surface area contributed by atoms with Crippen molar-refractivity contribution in [2.45, 2.75) is 83.7 Å². The van der Waals surface area contributed by atoms with Crippen molar-refractivity contribution < 1.29 is 46.1 Å². The molecule has 6 rings (SSSR count). The summed E-state index contributed by atoms with van der Waals surface area (Å²) in [6, 6.07) is 33.7. The minimum Gasteiger partial charge on any atom is -1.00 e. The predicted molar refractivity (Wildman–Crippen MR) is 188 cm³/mol. The average molecular weight is 727 g/mol. The zero-order chi connectivity index (χ0) is 31.6. The van der Waals surface area contributed by atoms with Gasteiger partial charge in [0.2, 0.25) is 0 Å². The molecule has 0 saturated heterocycles. The number of aryl methyl sites for hydroxylation is 2. The van der Waals surface area contributed by atoms with Crippen molar-refractivity contribution >= 4 is 3.21 Å². The molecule has 0 aromatic heterocycles. The Morgan fingerprint density at radius 1 is 0.587 bits per heavy atom. The molecule has 0 N–H and O–H groups in total. The van der Waals surface area contributed by atoms with E-state index in [2.05, 4.69) is 166 Å². The molecular formula is C43H48Cl2Zr. The summed E-state index contributed by atoms with van der Waals surface area (Å²) >= 11 is -2.81. The minimum absolute atomic E-state index is 0. The van der Waals surface area contributed by atoms with Gasteiger partial charge in [-0.3, -0.25) is 0 Å². The number of allylic oxidation sites excluding steroid dienone is 4. The average Bonchev–Trinajstić information content (AvgIpc) is 3.47. The Bertz CT molecular complexity index is 1730. The maximum atomic E-state index is 2.60. The van der Waals surface area contributed by atoms with Gasteiger partial charge in [-0.2, -0.15) is 0 Å². The molecule has 1 atom stereocenters. The molecule has 238 valence electrons. The number of hydrogen-bond donors (Lipinski definition) is 0. The van der Waals surface area contributed by atoms with Gasteiger partial charge in [-0.15, -0.1) is 0 Å². The van der Waals surface area contributed by atoms with Crippen molar-refractivity contribution in [1.29, 1.82) is 0 Å². The van der Waals surface area contributed by atoms with E-state index in [1.807, 2.05) is 0 Å². The molecule has 4 aromatic carbocycles. The first kappa shape index (κ1) is 36.5. The van der Waals surface area contributed by atoms with Crippen LogP contribution in [0.4, 0.5) is 0 Å². The first-order valence-corrected chi connectivity index (χ1v) is 20.2. The van der Waals surface area contributed by atoms with Crippen LogP contribution in [0, 0.1) is 19.8 Å². The summed E-state index contributed by atoms with van der Waals surface area (Å²) in [4.78, 5) is 0. The van der Waals surface area contributed by atoms with E-state index >= 15 is 0 Å². The van der Waals surface area contributed by atoms with Crippen molar-refractivity contribution in [3.63, 3.8) is 0 Å². The van der Waals surface area contributed by atoms with Crippen molar-refractivity contribution in [1.82, 2.24) is 0 Å². The third kappa shape index (κ3) is 6.95. The summed E-state index contributed by atoms with van der Waals surface area (Å²) in [5.74, 6) is 0.458. The molecule has 4 aromatic rings. The molecule has 0 aliphatic heterocycles. The molecule has 0 nitrogen and oxygen atoms in total. The fourth-order valence-electron chi connectivity index (χ4n) is 7.11. The van der Waals surface area contributed by atoms with E-state index in [-0.39, 0.29) is 35.6 Å². The molecule has 1 unspecified atom stereocenters. The van der Waals surface area contributed by atoms with Gasteiger partial charge in [0.25, 0.3) is 0 Å². The summed E-state index contributed by atoms with van der Waals surface area (Å²) in [7, 11) is 0. The van der Waals surface area contributed by atoms with Crippen LogP contribution in [-0.4, -0.2) is 3.21 Å². The fraction of sp³-hybridized carbons (Fsp3) is 0.326. The molecule has 2 aliphatic rings. The van der Waals surface area contributed by atoms with Gasteiger partial charge >= 0.3 is 276 Å². The fourth-order valence-corrected chi connectivity index (χ4v) is 16.8. The number of benzene rings is 4. The van der Waals surface area contributed by atoms with E-state index in [0.717, 1.165) is 0 Å². The molecule has 0 radical (unpaired) electrons. The van der Waals surface area contributed by atoms with Gasteiger partial charge in [0, 0.05) is 0 Å². The molecule has 0 fully saturated rings. The molecule has 0 bridgehead atoms. The minimum atomic E-state index is -2.81. The summed E-state index contributed by atoms with van der Waals surface area (Å²) in [5, 5.41) is 0. The largest absolute Gasteiger partial charge is 1.00 e. The third-order valence-electron chi connectivity index (χ3n) is 9.68. The molecule has 0 saturated carbocycles. The standard InChI is InChI=1S/C21H25.C15H14.C7H9.2ClH.Zr/c1-20(2,3)16-7-9-18-14(12-16)11-15-13-17(21(4,5)6)8-10-19(15)18;1-12-3-7-14(8-4-12)11-15-9-5-13(2)6-10-15;1-6-3-4-7(2)5-6;;;/h7-13H,1-6H3;3-10H,1-2H3;3,5,7H,1-2H3;2*1H;/q;;;;;+2/p-2. The number of fused-ring (bicyclic) bond motifs is 3. The van der Waals surface area contributed by atoms with Crippen LogP contribution in [0.2, 0.25) is 0 Å². The Labute approximate surface area is 298 Å². The molecule has 2 aliphatic carbocycles. The van der Waals surface area contributed by atoms with Gasteiger partial charge in [-0.05, 0) is 0 Å². The first-order chi connectivity index (χ1) is 20.7. The Hall–Kier alpha value is -2.31. The zero-order valence-corrected chi connectivity index (χ0v) is 33.1. The molecule has 3 heteroatoms. The van der Waals surface area contributed by atoms with E-state index < -0.39 is 21.3 Å². The Balaban J connectivity index is 0.00000240. The second-order valence-corrected chi connectivity index (χ2v) is 21.5. The van der Waals surface area contributed by atoms with E-state index in [4.69, 9.17) is 0 Å². The summed E-state index contributed by atoms with van der Waals surface area (Å²) in [5.41, 5.74) is 15.9. The van der Waals surface area contributed by atoms with E-state index in [9.17, 15) is 0 Å². The van der Waals surface area contributed by atoms with Crippen LogP contribution in [0.3, 0.4) is 0 Å². The van der Waals surface area contributed by atoms with Crippen LogP contribution in [0.15, 0.2) is 106 Å². The zero-order valence-electron chi connectivity index (χ0n) is 29.1. The van der Waals surface area contributed by atoms with Gasteiger partial charge in [-0.25, -0.2) is 0 Å². The topological polar surface area (TPSA) is 0 Å². The van der Waals surface area contributed by atoms with Gasteiger partial charge in [0.05, 0.1) is 0 Å². The molecule has 0 spiro atoms. The van der Waals surface area contributed by atoms with Crippen molar-refractivity contribution in [2.24, 2.45) is 5.92 Å². The second-order valence-electron chi connectivity index (χ2n) is 15.4. The van der Waals surface area contributed by atoms with E-state index in [0.29, 0.717) is 9.54 Å². The number of rotatable bonds is 4. The SMILES string of the molecule is CC1=CC(C)[C]([Zr+2](=[C](c2ccc(C)cc2)c2ccc(C)cc2)[CH]2c3cc(C(C)(C)C)ccc3-c3ccc(C(C)(C)C)cc32)=C1.[Cl-].[Cl-]. The predicted octanol–water partition coefficient (Wildman–Crippen LogP) is 5.34. The molecule has 46 heavy (non-hydrogen) atoms. The van der Waals surface area contributed by atoms with Crippen molar-refractivity contribution in [2.75, 3.05) is 0 Å². The Morgan fingerprint density at radius 3 is 1.35 bits per heavy atom. The normalized spacial score (nSPS) is 15.5. The third-order valence-corrected chi connectivity index (χ3v) is 18.4. The van der Waals surface area contributed by atoms with Gasteiger partial charge in [0.1, 0.15) is 0 Å². The van der Waals surface area contributed by atoms with Crippen LogP contribution >= 0.6 is 0 Å². The van der Waals surface area contributed by atoms with Crippen LogP contribution in [0.5, 0.6) is 0 Å². The smallest absolute Gasteiger partial charge is 1.00 e. The Kier molecular flexibility index (Phi) is 10.9. The van der Waals surface area contributed by atoms with Crippen LogP contribution in [0.25, 0.3) is 11.1 Å². The number of hydrogen-bond acceptors (Lipinski definition) is 0. The van der Waals surface area contributed by atoms with Crippen LogP contribution in [-0.2, 0) is 32.1 Å². The molecular weight excluding hydrogens is 679 g/mol.